The minimum Gasteiger partial charge on any atom is -0.383 e. The molecule has 2 aromatic rings. The Bertz CT molecular complexity index is 730. The van der Waals surface area contributed by atoms with Crippen molar-refractivity contribution >= 4 is 5.91 Å². The van der Waals surface area contributed by atoms with Crippen molar-refractivity contribution in [1.82, 2.24) is 14.8 Å². The fourth-order valence-corrected chi connectivity index (χ4v) is 4.35. The third kappa shape index (κ3) is 6.38. The first kappa shape index (κ1) is 21.5. The van der Waals surface area contributed by atoms with Crippen LogP contribution < -0.4 is 0 Å². The first-order valence-electron chi connectivity index (χ1n) is 10.6. The van der Waals surface area contributed by atoms with Crippen molar-refractivity contribution < 1.29 is 9.53 Å². The van der Waals surface area contributed by atoms with Crippen LogP contribution in [0.15, 0.2) is 54.9 Å². The Kier molecular flexibility index (Phi) is 8.20. The number of hydrogen-bond acceptors (Lipinski definition) is 4. The van der Waals surface area contributed by atoms with Crippen LogP contribution in [0.1, 0.15) is 30.9 Å². The average molecular weight is 396 g/mol. The van der Waals surface area contributed by atoms with E-state index in [4.69, 9.17) is 4.74 Å². The minimum atomic E-state index is 0.189. The molecule has 1 atom stereocenters. The van der Waals surface area contributed by atoms with Gasteiger partial charge in [0, 0.05) is 58.6 Å². The summed E-state index contributed by atoms with van der Waals surface area (Å²) in [7, 11) is 1.76. The summed E-state index contributed by atoms with van der Waals surface area (Å²) in [6, 6.07) is 15.3. The van der Waals surface area contributed by atoms with Crippen molar-refractivity contribution in [2.75, 3.05) is 33.4 Å². The van der Waals surface area contributed by atoms with Crippen LogP contribution in [0.3, 0.4) is 0 Å². The predicted molar refractivity (Wildman–Crippen MR) is 115 cm³/mol. The van der Waals surface area contributed by atoms with Crippen LogP contribution in [0.25, 0.3) is 0 Å². The lowest BCUT2D eigenvalue weighted by Crippen LogP contribution is -2.48. The molecule has 156 valence electrons. The molecule has 1 aliphatic rings. The van der Waals surface area contributed by atoms with E-state index in [2.05, 4.69) is 46.3 Å². The molecule has 0 saturated carbocycles. The van der Waals surface area contributed by atoms with Crippen LogP contribution in [0, 0.1) is 5.92 Å². The molecule has 0 aliphatic carbocycles. The molecular formula is C24H33N3O2. The lowest BCUT2D eigenvalue weighted by molar-refractivity contribution is -0.130. The van der Waals surface area contributed by atoms with Crippen LogP contribution in [0.4, 0.5) is 0 Å². The molecule has 29 heavy (non-hydrogen) atoms. The maximum atomic E-state index is 11.8. The number of pyridine rings is 1. The normalized spacial score (nSPS) is 16.2. The molecule has 0 N–H and O–H groups in total. The third-order valence-corrected chi connectivity index (χ3v) is 5.98. The summed E-state index contributed by atoms with van der Waals surface area (Å²) >= 11 is 0. The second-order valence-electron chi connectivity index (χ2n) is 7.93. The number of nitrogens with zero attached hydrogens (tertiary/aromatic N) is 3. The smallest absolute Gasteiger partial charge is 0.219 e. The molecule has 5 nitrogen and oxygen atoms in total. The Morgan fingerprint density at radius 1 is 1.17 bits per heavy atom. The van der Waals surface area contributed by atoms with Gasteiger partial charge in [0.15, 0.2) is 0 Å². The number of rotatable bonds is 9. The Labute approximate surface area is 174 Å². The zero-order chi connectivity index (χ0) is 20.5. The number of aromatic nitrogens is 1. The Morgan fingerprint density at radius 3 is 2.52 bits per heavy atom. The van der Waals surface area contributed by atoms with E-state index >= 15 is 0 Å². The summed E-state index contributed by atoms with van der Waals surface area (Å²) in [5.41, 5.74) is 2.59. The molecular weight excluding hydrogens is 362 g/mol. The maximum absolute atomic E-state index is 11.8. The standard InChI is InChI=1S/C24H33N3O2/c1-20(28)26-13-10-23(11-14-26)24(17-21-7-4-3-5-8-21)27(15-16-29-2)19-22-9-6-12-25-18-22/h3-9,12,18,23-24H,10-11,13-17,19H2,1-2H3. The molecule has 1 saturated heterocycles. The van der Waals surface area contributed by atoms with Crippen molar-refractivity contribution in [3.8, 4) is 0 Å². The quantitative estimate of drug-likeness (QED) is 0.653. The van der Waals surface area contributed by atoms with E-state index in [-0.39, 0.29) is 5.91 Å². The Hall–Kier alpha value is -2.24. The monoisotopic (exact) mass is 395 g/mol. The maximum Gasteiger partial charge on any atom is 0.219 e. The van der Waals surface area contributed by atoms with Gasteiger partial charge in [-0.05, 0) is 42.4 Å². The number of carbonyl (C=O) groups excluding carboxylic acids is 1. The molecule has 3 rings (SSSR count). The highest BCUT2D eigenvalue weighted by Gasteiger charge is 2.31. The summed E-state index contributed by atoms with van der Waals surface area (Å²) < 4.78 is 5.44. The molecule has 0 radical (unpaired) electrons. The van der Waals surface area contributed by atoms with Gasteiger partial charge >= 0.3 is 0 Å². The van der Waals surface area contributed by atoms with Gasteiger partial charge < -0.3 is 9.64 Å². The van der Waals surface area contributed by atoms with E-state index in [1.54, 1.807) is 14.0 Å². The van der Waals surface area contributed by atoms with Gasteiger partial charge in [0.1, 0.15) is 0 Å². The van der Waals surface area contributed by atoms with Crippen LogP contribution in [0.5, 0.6) is 0 Å². The first-order valence-corrected chi connectivity index (χ1v) is 10.6. The van der Waals surface area contributed by atoms with Gasteiger partial charge in [-0.2, -0.15) is 0 Å². The second-order valence-corrected chi connectivity index (χ2v) is 7.93. The zero-order valence-corrected chi connectivity index (χ0v) is 17.7. The zero-order valence-electron chi connectivity index (χ0n) is 17.7. The van der Waals surface area contributed by atoms with Crippen molar-refractivity contribution in [1.29, 1.82) is 0 Å². The predicted octanol–water partition coefficient (Wildman–Crippen LogP) is 3.40. The second kappa shape index (κ2) is 11.1. The van der Waals surface area contributed by atoms with Crippen LogP contribution in [0.2, 0.25) is 0 Å². The van der Waals surface area contributed by atoms with E-state index in [0.717, 1.165) is 45.4 Å². The molecule has 0 spiro atoms. The summed E-state index contributed by atoms with van der Waals surface area (Å²) in [5.74, 6) is 0.744. The van der Waals surface area contributed by atoms with Crippen molar-refractivity contribution in [3.05, 3.63) is 66.0 Å². The fourth-order valence-electron chi connectivity index (χ4n) is 4.35. The number of hydrogen-bond donors (Lipinski definition) is 0. The lowest BCUT2D eigenvalue weighted by atomic mass is 9.84. The molecule has 2 heterocycles. The van der Waals surface area contributed by atoms with Crippen molar-refractivity contribution in [2.24, 2.45) is 5.92 Å². The number of piperidine rings is 1. The highest BCUT2D eigenvalue weighted by molar-refractivity contribution is 5.73. The highest BCUT2D eigenvalue weighted by atomic mass is 16.5. The Balaban J connectivity index is 1.80. The Morgan fingerprint density at radius 2 is 1.90 bits per heavy atom. The number of ether oxygens (including phenoxy) is 1. The van der Waals surface area contributed by atoms with Crippen molar-refractivity contribution in [3.63, 3.8) is 0 Å². The average Bonchev–Trinajstić information content (AvgIpc) is 2.76. The van der Waals surface area contributed by atoms with E-state index in [9.17, 15) is 4.79 Å². The van der Waals surface area contributed by atoms with Crippen LogP contribution in [-0.2, 0) is 22.5 Å². The van der Waals surface area contributed by atoms with Crippen molar-refractivity contribution in [2.45, 2.75) is 38.8 Å². The SMILES string of the molecule is COCCN(Cc1cccnc1)C(Cc1ccccc1)C1CCN(C(C)=O)CC1. The molecule has 5 heteroatoms. The van der Waals surface area contributed by atoms with Gasteiger partial charge in [-0.15, -0.1) is 0 Å². The lowest BCUT2D eigenvalue weighted by Gasteiger charge is -2.41. The van der Waals surface area contributed by atoms with Gasteiger partial charge in [-0.1, -0.05) is 36.4 Å². The van der Waals surface area contributed by atoms with Gasteiger partial charge in [0.25, 0.3) is 0 Å². The summed E-state index contributed by atoms with van der Waals surface area (Å²) in [5, 5.41) is 0. The topological polar surface area (TPSA) is 45.7 Å². The number of amides is 1. The fraction of sp³-hybridized carbons (Fsp3) is 0.500. The number of methoxy groups -OCH3 is 1. The van der Waals surface area contributed by atoms with E-state index in [0.29, 0.717) is 18.6 Å². The van der Waals surface area contributed by atoms with Crippen LogP contribution in [-0.4, -0.2) is 60.1 Å². The molecule has 1 aromatic heterocycles. The van der Waals surface area contributed by atoms with Gasteiger partial charge in [0.05, 0.1) is 6.61 Å². The molecule has 1 fully saturated rings. The van der Waals surface area contributed by atoms with E-state index in [1.807, 2.05) is 23.4 Å². The highest BCUT2D eigenvalue weighted by Crippen LogP contribution is 2.28. The van der Waals surface area contributed by atoms with E-state index < -0.39 is 0 Å². The van der Waals surface area contributed by atoms with Gasteiger partial charge in [-0.3, -0.25) is 14.7 Å². The van der Waals surface area contributed by atoms with Crippen LogP contribution >= 0.6 is 0 Å². The molecule has 1 amide bonds. The molecule has 0 bridgehead atoms. The van der Waals surface area contributed by atoms with Gasteiger partial charge in [-0.25, -0.2) is 0 Å². The summed E-state index contributed by atoms with van der Waals surface area (Å²) in [6.45, 7) is 5.84. The summed E-state index contributed by atoms with van der Waals surface area (Å²) in [4.78, 5) is 20.6. The van der Waals surface area contributed by atoms with E-state index in [1.165, 1.54) is 11.1 Å². The number of benzene rings is 1. The largest absolute Gasteiger partial charge is 0.383 e. The van der Waals surface area contributed by atoms with Gasteiger partial charge in [0.2, 0.25) is 5.91 Å². The first-order chi connectivity index (χ1) is 14.2. The molecule has 1 aliphatic heterocycles. The molecule has 1 aromatic carbocycles. The summed E-state index contributed by atoms with van der Waals surface area (Å²) in [6.07, 6.45) is 6.89. The molecule has 1 unspecified atom stereocenters. The third-order valence-electron chi connectivity index (χ3n) is 5.98. The minimum absolute atomic E-state index is 0.189. The number of likely N-dealkylation sites (tertiary alicyclic amines) is 1. The number of carbonyl (C=O) groups is 1.